The number of likely N-dealkylation sites (tertiary alicyclic amines) is 1. The topological polar surface area (TPSA) is 75.4 Å². The van der Waals surface area contributed by atoms with E-state index in [9.17, 15) is 35.9 Å². The monoisotopic (exact) mass is 359 g/mol. The third-order valence-electron chi connectivity index (χ3n) is 3.63. The summed E-state index contributed by atoms with van der Waals surface area (Å²) in [5.41, 5.74) is -2.49. The van der Waals surface area contributed by atoms with Gasteiger partial charge in [-0.25, -0.2) is 4.79 Å². The molecule has 0 atom stereocenters. The molecule has 1 N–H and O–H groups in total. The second kappa shape index (κ2) is 5.98. The molecule has 2 rings (SSSR count). The number of carboxylic acid groups (broad SMARTS) is 1. The Morgan fingerprint density at radius 3 is 2.08 bits per heavy atom. The quantitative estimate of drug-likeness (QED) is 0.823. The predicted molar refractivity (Wildman–Crippen MR) is 65.1 cm³/mol. The molecule has 0 bridgehead atoms. The van der Waals surface area contributed by atoms with Gasteiger partial charge in [-0.2, -0.15) is 31.4 Å². The fourth-order valence-electron chi connectivity index (χ4n) is 2.57. The first-order valence-electron chi connectivity index (χ1n) is 6.67. The van der Waals surface area contributed by atoms with Gasteiger partial charge in [-0.1, -0.05) is 0 Å². The summed E-state index contributed by atoms with van der Waals surface area (Å²) in [6.07, 6.45) is -9.88. The van der Waals surface area contributed by atoms with Crippen molar-refractivity contribution in [1.82, 2.24) is 14.7 Å². The second-order valence-corrected chi connectivity index (χ2v) is 5.18. The fraction of sp³-hybridized carbons (Fsp3) is 0.583. The van der Waals surface area contributed by atoms with Gasteiger partial charge in [0.15, 0.2) is 5.69 Å². The van der Waals surface area contributed by atoms with Crippen LogP contribution in [-0.2, 0) is 11.0 Å². The number of halogens is 6. The number of rotatable bonds is 2. The number of aromatic nitrogens is 2. The Kier molecular flexibility index (Phi) is 4.50. The maximum absolute atomic E-state index is 13.1. The molecular weight excluding hydrogens is 348 g/mol. The highest BCUT2D eigenvalue weighted by Crippen LogP contribution is 2.36. The van der Waals surface area contributed by atoms with E-state index in [1.54, 1.807) is 0 Å². The minimum Gasteiger partial charge on any atom is -0.478 e. The summed E-state index contributed by atoms with van der Waals surface area (Å²) in [5, 5.41) is 12.3. The number of hydrogen-bond acceptors (Lipinski definition) is 3. The Balaban J connectivity index is 2.21. The van der Waals surface area contributed by atoms with Crippen molar-refractivity contribution in [2.45, 2.75) is 31.2 Å². The number of alkyl halides is 6. The predicted octanol–water partition coefficient (Wildman–Crippen LogP) is 2.33. The van der Waals surface area contributed by atoms with Crippen molar-refractivity contribution in [2.75, 3.05) is 13.1 Å². The zero-order valence-corrected chi connectivity index (χ0v) is 11.9. The van der Waals surface area contributed by atoms with Gasteiger partial charge in [0.25, 0.3) is 0 Å². The first-order chi connectivity index (χ1) is 10.9. The Morgan fingerprint density at radius 2 is 1.67 bits per heavy atom. The summed E-state index contributed by atoms with van der Waals surface area (Å²) in [6.45, 7) is -0.800. The first-order valence-corrected chi connectivity index (χ1v) is 6.67. The minimum absolute atomic E-state index is 0.203. The highest BCUT2D eigenvalue weighted by atomic mass is 19.4. The van der Waals surface area contributed by atoms with Gasteiger partial charge in [-0.05, 0) is 12.8 Å². The fourth-order valence-corrected chi connectivity index (χ4v) is 2.57. The summed E-state index contributed by atoms with van der Waals surface area (Å²) in [7, 11) is 0. The minimum atomic E-state index is -5.05. The van der Waals surface area contributed by atoms with Gasteiger partial charge < -0.3 is 10.0 Å². The van der Waals surface area contributed by atoms with Crippen molar-refractivity contribution < 1.29 is 41.0 Å². The number of carbonyl (C=O) groups is 2. The highest BCUT2D eigenvalue weighted by molar-refractivity contribution is 5.88. The van der Waals surface area contributed by atoms with Crippen LogP contribution in [0, 0.1) is 0 Å². The van der Waals surface area contributed by atoms with Gasteiger partial charge in [0.2, 0.25) is 0 Å². The highest BCUT2D eigenvalue weighted by Gasteiger charge is 2.45. The van der Waals surface area contributed by atoms with E-state index in [0.717, 1.165) is 0 Å². The number of carbonyl (C=O) groups excluding carboxylic acids is 1. The van der Waals surface area contributed by atoms with Crippen LogP contribution in [0.3, 0.4) is 0 Å². The van der Waals surface area contributed by atoms with Crippen molar-refractivity contribution in [1.29, 1.82) is 0 Å². The molecule has 1 aliphatic rings. The van der Waals surface area contributed by atoms with Crippen LogP contribution in [0.4, 0.5) is 26.3 Å². The normalized spacial score (nSPS) is 17.2. The molecule has 1 aromatic heterocycles. The SMILES string of the molecule is O=C(O)c1cnn(C2CCN(C(=O)C(F)(F)F)CC2)c1C(F)(F)F. The van der Waals surface area contributed by atoms with E-state index >= 15 is 0 Å². The molecule has 6 nitrogen and oxygen atoms in total. The van der Waals surface area contributed by atoms with Crippen LogP contribution in [0.15, 0.2) is 6.20 Å². The van der Waals surface area contributed by atoms with E-state index in [0.29, 0.717) is 15.8 Å². The van der Waals surface area contributed by atoms with Gasteiger partial charge >= 0.3 is 24.2 Å². The van der Waals surface area contributed by atoms with Crippen molar-refractivity contribution in [3.63, 3.8) is 0 Å². The van der Waals surface area contributed by atoms with Crippen molar-refractivity contribution in [3.05, 3.63) is 17.5 Å². The van der Waals surface area contributed by atoms with Gasteiger partial charge in [0, 0.05) is 13.1 Å². The molecule has 1 aliphatic heterocycles. The van der Waals surface area contributed by atoms with Gasteiger partial charge in [0.05, 0.1) is 12.2 Å². The third kappa shape index (κ3) is 3.46. The summed E-state index contributed by atoms with van der Waals surface area (Å²) >= 11 is 0. The lowest BCUT2D eigenvalue weighted by atomic mass is 10.0. The number of nitrogens with zero attached hydrogens (tertiary/aromatic N) is 3. The van der Waals surface area contributed by atoms with Crippen LogP contribution in [0.1, 0.15) is 34.9 Å². The molecule has 0 unspecified atom stereocenters. The number of amides is 1. The van der Waals surface area contributed by atoms with Crippen LogP contribution in [0.25, 0.3) is 0 Å². The van der Waals surface area contributed by atoms with E-state index < -0.39 is 54.6 Å². The summed E-state index contributed by atoms with van der Waals surface area (Å²) in [5.74, 6) is -3.86. The largest absolute Gasteiger partial charge is 0.478 e. The zero-order valence-electron chi connectivity index (χ0n) is 11.9. The lowest BCUT2D eigenvalue weighted by molar-refractivity contribution is -0.186. The molecule has 0 saturated carbocycles. The van der Waals surface area contributed by atoms with E-state index in [2.05, 4.69) is 5.10 Å². The van der Waals surface area contributed by atoms with Crippen LogP contribution in [0.5, 0.6) is 0 Å². The molecule has 1 fully saturated rings. The van der Waals surface area contributed by atoms with Crippen molar-refractivity contribution in [3.8, 4) is 0 Å². The van der Waals surface area contributed by atoms with Crippen LogP contribution in [0.2, 0.25) is 0 Å². The molecule has 2 heterocycles. The molecule has 0 spiro atoms. The molecule has 0 radical (unpaired) electrons. The molecule has 1 saturated heterocycles. The second-order valence-electron chi connectivity index (χ2n) is 5.18. The Hall–Kier alpha value is -2.27. The Morgan fingerprint density at radius 1 is 1.12 bits per heavy atom. The molecule has 1 amide bonds. The summed E-state index contributed by atoms with van der Waals surface area (Å²) < 4.78 is 76.7. The summed E-state index contributed by atoms with van der Waals surface area (Å²) in [4.78, 5) is 22.5. The van der Waals surface area contributed by atoms with E-state index in [1.807, 2.05) is 0 Å². The standard InChI is InChI=1S/C12H11F6N3O3/c13-11(14,15)8-7(9(22)23)5-19-21(8)6-1-3-20(4-2-6)10(24)12(16,17)18/h5-6H,1-4H2,(H,22,23). The van der Waals surface area contributed by atoms with Crippen LogP contribution >= 0.6 is 0 Å². The lowest BCUT2D eigenvalue weighted by Crippen LogP contribution is -2.46. The number of carboxylic acids is 1. The smallest absolute Gasteiger partial charge is 0.471 e. The third-order valence-corrected chi connectivity index (χ3v) is 3.63. The van der Waals surface area contributed by atoms with Gasteiger partial charge in [0.1, 0.15) is 5.56 Å². The van der Waals surface area contributed by atoms with E-state index in [4.69, 9.17) is 5.11 Å². The molecule has 12 heteroatoms. The molecule has 1 aromatic rings. The molecule has 24 heavy (non-hydrogen) atoms. The molecular formula is C12H11F6N3O3. The van der Waals surface area contributed by atoms with E-state index in [1.165, 1.54) is 0 Å². The van der Waals surface area contributed by atoms with Crippen LogP contribution in [-0.4, -0.2) is 50.9 Å². The lowest BCUT2D eigenvalue weighted by Gasteiger charge is -2.33. The number of aromatic carboxylic acids is 1. The van der Waals surface area contributed by atoms with Gasteiger partial charge in [-0.3, -0.25) is 9.48 Å². The Labute approximate surface area is 130 Å². The Bertz CT molecular complexity index is 643. The molecule has 0 aromatic carbocycles. The first kappa shape index (κ1) is 18.1. The van der Waals surface area contributed by atoms with Crippen LogP contribution < -0.4 is 0 Å². The molecule has 134 valence electrons. The van der Waals surface area contributed by atoms with Crippen molar-refractivity contribution >= 4 is 11.9 Å². The zero-order chi connectivity index (χ0) is 18.3. The number of piperidine rings is 1. The molecule has 0 aliphatic carbocycles. The van der Waals surface area contributed by atoms with Gasteiger partial charge in [-0.15, -0.1) is 0 Å². The maximum Gasteiger partial charge on any atom is 0.471 e. The van der Waals surface area contributed by atoms with Crippen molar-refractivity contribution in [2.24, 2.45) is 0 Å². The average molecular weight is 359 g/mol. The van der Waals surface area contributed by atoms with E-state index in [-0.39, 0.29) is 12.8 Å². The average Bonchev–Trinajstić information content (AvgIpc) is 2.91. The maximum atomic E-state index is 13.1. The summed E-state index contributed by atoms with van der Waals surface area (Å²) in [6, 6.07) is -0.952. The number of hydrogen-bond donors (Lipinski definition) is 1.